The highest BCUT2D eigenvalue weighted by molar-refractivity contribution is 9.10. The zero-order chi connectivity index (χ0) is 12.0. The van der Waals surface area contributed by atoms with E-state index in [1.54, 1.807) is 13.1 Å². The SMILES string of the molecule is CCOC(=O)CCN(C)c1ncccc1Br. The highest BCUT2D eigenvalue weighted by Crippen LogP contribution is 2.21. The second-order valence-corrected chi connectivity index (χ2v) is 4.14. The second kappa shape index (κ2) is 6.48. The molecule has 88 valence electrons. The Bertz CT molecular complexity index is 358. The summed E-state index contributed by atoms with van der Waals surface area (Å²) in [6, 6.07) is 3.77. The number of nitrogens with zero attached hydrogens (tertiary/aromatic N) is 2. The van der Waals surface area contributed by atoms with Crippen LogP contribution in [-0.4, -0.2) is 31.2 Å². The van der Waals surface area contributed by atoms with E-state index in [-0.39, 0.29) is 5.97 Å². The molecule has 0 aliphatic carbocycles. The molecule has 4 nitrogen and oxygen atoms in total. The number of carbonyl (C=O) groups is 1. The van der Waals surface area contributed by atoms with Crippen molar-refractivity contribution in [1.29, 1.82) is 0 Å². The van der Waals surface area contributed by atoms with Gasteiger partial charge < -0.3 is 9.64 Å². The van der Waals surface area contributed by atoms with Crippen LogP contribution in [0, 0.1) is 0 Å². The zero-order valence-electron chi connectivity index (χ0n) is 9.44. The molecule has 0 fully saturated rings. The number of hydrogen-bond acceptors (Lipinski definition) is 4. The number of ether oxygens (including phenoxy) is 1. The third-order valence-electron chi connectivity index (χ3n) is 2.06. The third-order valence-corrected chi connectivity index (χ3v) is 2.68. The van der Waals surface area contributed by atoms with Crippen molar-refractivity contribution in [2.45, 2.75) is 13.3 Å². The fraction of sp³-hybridized carbons (Fsp3) is 0.455. The van der Waals surface area contributed by atoms with Gasteiger partial charge in [0, 0.05) is 19.8 Å². The van der Waals surface area contributed by atoms with Gasteiger partial charge in [-0.05, 0) is 35.0 Å². The first-order valence-corrected chi connectivity index (χ1v) is 5.91. The van der Waals surface area contributed by atoms with Crippen LogP contribution in [0.4, 0.5) is 5.82 Å². The number of carbonyl (C=O) groups excluding carboxylic acids is 1. The van der Waals surface area contributed by atoms with Crippen LogP contribution in [0.2, 0.25) is 0 Å². The lowest BCUT2D eigenvalue weighted by Crippen LogP contribution is -2.23. The van der Waals surface area contributed by atoms with E-state index < -0.39 is 0 Å². The fourth-order valence-electron chi connectivity index (χ4n) is 1.26. The molecule has 0 amide bonds. The first-order valence-electron chi connectivity index (χ1n) is 5.12. The number of aromatic nitrogens is 1. The van der Waals surface area contributed by atoms with Gasteiger partial charge >= 0.3 is 5.97 Å². The highest BCUT2D eigenvalue weighted by Gasteiger charge is 2.09. The summed E-state index contributed by atoms with van der Waals surface area (Å²) in [5, 5.41) is 0. The number of esters is 1. The maximum atomic E-state index is 11.2. The molecule has 0 aliphatic heterocycles. The molecular formula is C11H15BrN2O2. The molecule has 0 unspecified atom stereocenters. The monoisotopic (exact) mass is 286 g/mol. The Kier molecular flexibility index (Phi) is 5.25. The Labute approximate surface area is 104 Å². The predicted molar refractivity (Wildman–Crippen MR) is 66.5 cm³/mol. The minimum absolute atomic E-state index is 0.179. The normalized spacial score (nSPS) is 9.94. The average Bonchev–Trinajstić information content (AvgIpc) is 2.27. The van der Waals surface area contributed by atoms with E-state index in [1.165, 1.54) is 0 Å². The van der Waals surface area contributed by atoms with E-state index in [0.29, 0.717) is 19.6 Å². The molecule has 1 aromatic heterocycles. The summed E-state index contributed by atoms with van der Waals surface area (Å²) in [5.74, 6) is 0.646. The van der Waals surface area contributed by atoms with Crippen molar-refractivity contribution in [1.82, 2.24) is 4.98 Å². The van der Waals surface area contributed by atoms with Crippen LogP contribution in [-0.2, 0) is 9.53 Å². The second-order valence-electron chi connectivity index (χ2n) is 3.29. The zero-order valence-corrected chi connectivity index (χ0v) is 11.0. The molecule has 5 heteroatoms. The number of hydrogen-bond donors (Lipinski definition) is 0. The number of pyridine rings is 1. The molecule has 0 spiro atoms. The van der Waals surface area contributed by atoms with Crippen molar-refractivity contribution in [2.24, 2.45) is 0 Å². The fourth-order valence-corrected chi connectivity index (χ4v) is 1.81. The minimum Gasteiger partial charge on any atom is -0.466 e. The number of rotatable bonds is 5. The third kappa shape index (κ3) is 3.81. The van der Waals surface area contributed by atoms with Crippen molar-refractivity contribution in [3.8, 4) is 0 Å². The van der Waals surface area contributed by atoms with Crippen molar-refractivity contribution in [3.05, 3.63) is 22.8 Å². The first-order chi connectivity index (χ1) is 7.65. The minimum atomic E-state index is -0.179. The number of halogens is 1. The quantitative estimate of drug-likeness (QED) is 0.779. The summed E-state index contributed by atoms with van der Waals surface area (Å²) >= 11 is 3.41. The van der Waals surface area contributed by atoms with E-state index in [1.807, 2.05) is 24.1 Å². The lowest BCUT2D eigenvalue weighted by Gasteiger charge is -2.18. The van der Waals surface area contributed by atoms with Gasteiger partial charge in [0.1, 0.15) is 5.82 Å². The molecule has 0 aliphatic rings. The number of anilines is 1. The molecule has 1 aromatic rings. The van der Waals surface area contributed by atoms with Crippen LogP contribution in [0.3, 0.4) is 0 Å². The first kappa shape index (κ1) is 13.0. The molecular weight excluding hydrogens is 272 g/mol. The van der Waals surface area contributed by atoms with Gasteiger partial charge in [-0.3, -0.25) is 4.79 Å². The lowest BCUT2D eigenvalue weighted by molar-refractivity contribution is -0.142. The highest BCUT2D eigenvalue weighted by atomic mass is 79.9. The van der Waals surface area contributed by atoms with Crippen molar-refractivity contribution in [2.75, 3.05) is 25.1 Å². The van der Waals surface area contributed by atoms with E-state index >= 15 is 0 Å². The Balaban J connectivity index is 2.50. The van der Waals surface area contributed by atoms with Gasteiger partial charge in [-0.2, -0.15) is 0 Å². The smallest absolute Gasteiger partial charge is 0.307 e. The molecule has 1 heterocycles. The van der Waals surface area contributed by atoms with E-state index in [4.69, 9.17) is 4.74 Å². The van der Waals surface area contributed by atoms with Gasteiger partial charge in [0.15, 0.2) is 0 Å². The molecule has 0 aromatic carbocycles. The molecule has 0 saturated carbocycles. The summed E-state index contributed by atoms with van der Waals surface area (Å²) < 4.78 is 5.78. The van der Waals surface area contributed by atoms with E-state index in [2.05, 4.69) is 20.9 Å². The van der Waals surface area contributed by atoms with Crippen molar-refractivity contribution < 1.29 is 9.53 Å². The van der Waals surface area contributed by atoms with Crippen LogP contribution in [0.1, 0.15) is 13.3 Å². The molecule has 0 N–H and O–H groups in total. The van der Waals surface area contributed by atoms with Gasteiger partial charge in [-0.1, -0.05) is 0 Å². The molecule has 16 heavy (non-hydrogen) atoms. The van der Waals surface area contributed by atoms with Gasteiger partial charge in [0.2, 0.25) is 0 Å². The van der Waals surface area contributed by atoms with Gasteiger partial charge in [-0.15, -0.1) is 0 Å². The van der Waals surface area contributed by atoms with Crippen LogP contribution in [0.5, 0.6) is 0 Å². The summed E-state index contributed by atoms with van der Waals surface area (Å²) in [6.07, 6.45) is 2.09. The molecule has 0 bridgehead atoms. The maximum Gasteiger partial charge on any atom is 0.307 e. The van der Waals surface area contributed by atoms with E-state index in [0.717, 1.165) is 10.3 Å². The summed E-state index contributed by atoms with van der Waals surface area (Å²) in [4.78, 5) is 17.3. The lowest BCUT2D eigenvalue weighted by atomic mass is 10.3. The summed E-state index contributed by atoms with van der Waals surface area (Å²) in [5.41, 5.74) is 0. The Morgan fingerprint density at radius 1 is 1.62 bits per heavy atom. The van der Waals surface area contributed by atoms with Crippen LogP contribution >= 0.6 is 15.9 Å². The average molecular weight is 287 g/mol. The Morgan fingerprint density at radius 2 is 2.38 bits per heavy atom. The topological polar surface area (TPSA) is 42.4 Å². The summed E-state index contributed by atoms with van der Waals surface area (Å²) in [7, 11) is 1.90. The van der Waals surface area contributed by atoms with Gasteiger partial charge in [0.05, 0.1) is 17.5 Å². The Hall–Kier alpha value is -1.10. The van der Waals surface area contributed by atoms with Gasteiger partial charge in [-0.25, -0.2) is 4.98 Å². The van der Waals surface area contributed by atoms with Crippen LogP contribution < -0.4 is 4.90 Å². The van der Waals surface area contributed by atoms with E-state index in [9.17, 15) is 4.79 Å². The Morgan fingerprint density at radius 3 is 3.00 bits per heavy atom. The van der Waals surface area contributed by atoms with Gasteiger partial charge in [0.25, 0.3) is 0 Å². The molecule has 0 radical (unpaired) electrons. The summed E-state index contributed by atoms with van der Waals surface area (Å²) in [6.45, 7) is 2.82. The molecule has 0 saturated heterocycles. The standard InChI is InChI=1S/C11H15BrN2O2/c1-3-16-10(15)6-8-14(2)11-9(12)5-4-7-13-11/h4-5,7H,3,6,8H2,1-2H3. The van der Waals surface area contributed by atoms with Crippen molar-refractivity contribution in [3.63, 3.8) is 0 Å². The maximum absolute atomic E-state index is 11.2. The van der Waals surface area contributed by atoms with Crippen molar-refractivity contribution >= 4 is 27.7 Å². The largest absolute Gasteiger partial charge is 0.466 e. The molecule has 0 atom stereocenters. The molecule has 1 rings (SSSR count). The van der Waals surface area contributed by atoms with Crippen LogP contribution in [0.15, 0.2) is 22.8 Å². The predicted octanol–water partition coefficient (Wildman–Crippen LogP) is 2.23. The van der Waals surface area contributed by atoms with Crippen LogP contribution in [0.25, 0.3) is 0 Å².